The minimum absolute atomic E-state index is 0.0598. The van der Waals surface area contributed by atoms with Crippen LogP contribution in [-0.2, 0) is 39.4 Å². The van der Waals surface area contributed by atoms with E-state index in [1.165, 1.54) is 0 Å². The number of carboxylic acids is 1. The first-order valence-electron chi connectivity index (χ1n) is 22.6. The summed E-state index contributed by atoms with van der Waals surface area (Å²) in [5.74, 6) is -0.957. The van der Waals surface area contributed by atoms with Gasteiger partial charge in [-0.05, 0) is 126 Å². The van der Waals surface area contributed by atoms with Crippen LogP contribution in [0, 0.1) is 0 Å². The van der Waals surface area contributed by atoms with Gasteiger partial charge in [-0.25, -0.2) is 0 Å². The van der Waals surface area contributed by atoms with Gasteiger partial charge < -0.3 is 34.3 Å². The van der Waals surface area contributed by atoms with Crippen molar-refractivity contribution in [3.63, 3.8) is 0 Å². The number of ether oxygens (including phenoxy) is 4. The minimum Gasteiger partial charge on any atom is -0.481 e. The van der Waals surface area contributed by atoms with E-state index >= 15 is 0 Å². The average molecular weight is 843 g/mol. The fraction of sp³-hybridized carbons (Fsp3) is 0.577. The molecule has 61 heavy (non-hydrogen) atoms. The van der Waals surface area contributed by atoms with Gasteiger partial charge in [0.1, 0.15) is 6.10 Å². The van der Waals surface area contributed by atoms with Gasteiger partial charge in [0, 0.05) is 12.8 Å². The molecular weight excluding hydrogens is 769 g/mol. The smallest absolute Gasteiger partial charge is 0.316 e. The van der Waals surface area contributed by atoms with Crippen molar-refractivity contribution in [1.29, 1.82) is 0 Å². The molecule has 9 nitrogen and oxygen atoms in total. The summed E-state index contributed by atoms with van der Waals surface area (Å²) >= 11 is 0. The molecule has 0 bridgehead atoms. The summed E-state index contributed by atoms with van der Waals surface area (Å²) in [6, 6.07) is 27.9. The molecule has 0 radical (unpaired) electrons. The fourth-order valence-electron chi connectivity index (χ4n) is 8.59. The molecule has 0 unspecified atom stereocenters. The maximum Gasteiger partial charge on any atom is 0.316 e. The number of carbonyl (C=O) groups excluding carboxylic acids is 1. The Balaban J connectivity index is 0.000000195. The molecule has 0 saturated carbocycles. The number of benzene rings is 4. The van der Waals surface area contributed by atoms with Crippen LogP contribution in [0.25, 0.3) is 21.5 Å². The second-order valence-corrected chi connectivity index (χ2v) is 18.3. The number of rotatable bonds is 8. The van der Waals surface area contributed by atoms with E-state index in [1.807, 2.05) is 94.4 Å². The molecule has 9 heteroatoms. The number of aliphatic hydroxyl groups is 2. The second-order valence-electron chi connectivity index (χ2n) is 18.3. The van der Waals surface area contributed by atoms with Crippen LogP contribution in [0.3, 0.4) is 0 Å². The summed E-state index contributed by atoms with van der Waals surface area (Å²) in [6.45, 7) is 19.8. The largest absolute Gasteiger partial charge is 0.481 e. The molecule has 7 rings (SSSR count). The van der Waals surface area contributed by atoms with E-state index in [9.17, 15) is 24.9 Å². The highest BCUT2D eigenvalue weighted by atomic mass is 16.6. The Morgan fingerprint density at radius 1 is 0.557 bits per heavy atom. The number of hydrogen-bond donors (Lipinski definition) is 3. The molecule has 336 valence electrons. The van der Waals surface area contributed by atoms with Crippen LogP contribution in [0.2, 0.25) is 0 Å². The van der Waals surface area contributed by atoms with Crippen molar-refractivity contribution in [2.24, 2.45) is 0 Å². The fourth-order valence-corrected chi connectivity index (χ4v) is 8.59. The third kappa shape index (κ3) is 14.1. The Bertz CT molecular complexity index is 1920. The van der Waals surface area contributed by atoms with Crippen LogP contribution in [0.1, 0.15) is 138 Å². The lowest BCUT2D eigenvalue weighted by molar-refractivity contribution is -0.166. The molecule has 3 fully saturated rings. The van der Waals surface area contributed by atoms with Crippen LogP contribution < -0.4 is 0 Å². The number of hydrogen-bond acceptors (Lipinski definition) is 8. The van der Waals surface area contributed by atoms with Crippen LogP contribution >= 0.6 is 0 Å². The van der Waals surface area contributed by atoms with Gasteiger partial charge >= 0.3 is 11.9 Å². The second kappa shape index (κ2) is 23.0. The number of aliphatic carboxylic acids is 1. The quantitative estimate of drug-likeness (QED) is 0.148. The molecule has 9 atom stereocenters. The van der Waals surface area contributed by atoms with Crippen molar-refractivity contribution in [3.8, 4) is 0 Å². The molecular formula is C52H74O9. The molecule has 3 saturated heterocycles. The average Bonchev–Trinajstić information content (AvgIpc) is 3.22. The lowest BCUT2D eigenvalue weighted by Crippen LogP contribution is -2.40. The van der Waals surface area contributed by atoms with Gasteiger partial charge in [-0.15, -0.1) is 0 Å². The highest BCUT2D eigenvalue weighted by molar-refractivity contribution is 5.94. The van der Waals surface area contributed by atoms with Gasteiger partial charge in [-0.3, -0.25) is 9.59 Å². The van der Waals surface area contributed by atoms with E-state index in [1.54, 1.807) is 13.8 Å². The van der Waals surface area contributed by atoms with Gasteiger partial charge in [0.2, 0.25) is 0 Å². The molecule has 0 aromatic heterocycles. The molecule has 3 aliphatic heterocycles. The zero-order valence-corrected chi connectivity index (χ0v) is 38.4. The van der Waals surface area contributed by atoms with Crippen LogP contribution in [0.4, 0.5) is 0 Å². The van der Waals surface area contributed by atoms with Crippen molar-refractivity contribution in [2.75, 3.05) is 0 Å². The Kier molecular flexibility index (Phi) is 18.8. The predicted molar refractivity (Wildman–Crippen MR) is 245 cm³/mol. The van der Waals surface area contributed by atoms with E-state index in [2.05, 4.69) is 45.9 Å². The van der Waals surface area contributed by atoms with Gasteiger partial charge in [-0.1, -0.05) is 106 Å². The van der Waals surface area contributed by atoms with E-state index in [0.717, 1.165) is 90.5 Å². The normalized spacial score (nSPS) is 26.7. The lowest BCUT2D eigenvalue weighted by atomic mass is 9.81. The molecule has 4 aromatic carbocycles. The summed E-state index contributed by atoms with van der Waals surface area (Å²) in [5, 5.41) is 32.2. The highest BCUT2D eigenvalue weighted by Crippen LogP contribution is 2.34. The summed E-state index contributed by atoms with van der Waals surface area (Å²) in [7, 11) is 0. The molecule has 3 N–H and O–H groups in total. The number of fused-ring (bicyclic) bond motifs is 2. The van der Waals surface area contributed by atoms with Crippen molar-refractivity contribution in [2.45, 2.75) is 193 Å². The Labute approximate surface area is 365 Å². The molecule has 4 aromatic rings. The van der Waals surface area contributed by atoms with E-state index < -0.39 is 16.8 Å². The SMILES string of the molecule is CC(C)(C(=O)O)c1cccc2ccccc12.CC[C@H]1C[C@H](O)C[C@@H](C)O1.CC[C@H]1C[C@H](O)C[C@@H](C)O1.CC[C@H]1C[C@H](OC(=O)C(C)(C)c2cccc3ccccc23)C[C@@H](C)O1. The zero-order chi connectivity index (χ0) is 44.9. The van der Waals surface area contributed by atoms with Crippen molar-refractivity contribution in [1.82, 2.24) is 0 Å². The lowest BCUT2D eigenvalue weighted by Gasteiger charge is -2.35. The first-order valence-corrected chi connectivity index (χ1v) is 22.6. The van der Waals surface area contributed by atoms with Gasteiger partial charge in [0.05, 0.1) is 59.7 Å². The predicted octanol–water partition coefficient (Wildman–Crippen LogP) is 10.9. The number of carbonyl (C=O) groups is 2. The van der Waals surface area contributed by atoms with Gasteiger partial charge in [0.25, 0.3) is 0 Å². The zero-order valence-electron chi connectivity index (χ0n) is 38.4. The summed E-state index contributed by atoms with van der Waals surface area (Å²) in [5.41, 5.74) is 0.325. The van der Waals surface area contributed by atoms with Crippen LogP contribution in [-0.4, -0.2) is 82.2 Å². The number of carboxylic acid groups (broad SMARTS) is 1. The maximum absolute atomic E-state index is 13.0. The highest BCUT2D eigenvalue weighted by Gasteiger charge is 2.37. The Morgan fingerprint density at radius 3 is 1.34 bits per heavy atom. The maximum atomic E-state index is 13.0. The molecule has 0 amide bonds. The standard InChI is InChI=1S/C22H28O3.C14H14O2.2C8H16O2/c1-5-17-14-18(13-15(2)24-17)25-21(23)22(3,4)20-12-8-10-16-9-6-7-11-19(16)20;1-14(2,13(15)16)12-9-5-7-10-6-3-4-8-11(10)12;2*1-3-8-5-7(9)4-6(2)10-8/h6-12,15,17-18H,5,13-14H2,1-4H3;3-9H,1-2H3,(H,15,16);2*6-9H,3-5H2,1-2H3/t15-,17+,18-;;2*6-,7-,8+/m1.11/s1. The monoisotopic (exact) mass is 843 g/mol. The van der Waals surface area contributed by atoms with Crippen LogP contribution in [0.15, 0.2) is 84.9 Å². The van der Waals surface area contributed by atoms with Gasteiger partial charge in [-0.2, -0.15) is 0 Å². The third-order valence-electron chi connectivity index (χ3n) is 12.3. The summed E-state index contributed by atoms with van der Waals surface area (Å²) < 4.78 is 22.9. The summed E-state index contributed by atoms with van der Waals surface area (Å²) in [4.78, 5) is 24.3. The van der Waals surface area contributed by atoms with Crippen molar-refractivity contribution in [3.05, 3.63) is 96.1 Å². The molecule has 0 spiro atoms. The summed E-state index contributed by atoms with van der Waals surface area (Å²) in [6.07, 6.45) is 8.85. The topological polar surface area (TPSA) is 132 Å². The number of aliphatic hydroxyl groups excluding tert-OH is 2. The molecule has 3 aliphatic rings. The minimum atomic E-state index is -0.860. The van der Waals surface area contributed by atoms with Crippen molar-refractivity contribution < 1.29 is 43.9 Å². The first-order chi connectivity index (χ1) is 28.9. The van der Waals surface area contributed by atoms with Crippen molar-refractivity contribution >= 4 is 33.5 Å². The van der Waals surface area contributed by atoms with Gasteiger partial charge in [0.15, 0.2) is 0 Å². The van der Waals surface area contributed by atoms with E-state index in [-0.39, 0.29) is 48.7 Å². The Hall–Kier alpha value is -3.86. The first kappa shape index (κ1) is 49.8. The van der Waals surface area contributed by atoms with Crippen LogP contribution in [0.5, 0.6) is 0 Å². The molecule has 3 heterocycles. The Morgan fingerprint density at radius 2 is 0.934 bits per heavy atom. The van der Waals surface area contributed by atoms with E-state index in [4.69, 9.17) is 18.9 Å². The molecule has 0 aliphatic carbocycles. The number of esters is 1. The third-order valence-corrected chi connectivity index (χ3v) is 12.3. The van der Waals surface area contributed by atoms with E-state index in [0.29, 0.717) is 12.2 Å².